The van der Waals surface area contributed by atoms with Gasteiger partial charge in [0.15, 0.2) is 0 Å². The number of carboxylic acids is 1. The number of hydrogen-bond acceptors (Lipinski definition) is 3. The highest BCUT2D eigenvalue weighted by Crippen LogP contribution is 2.06. The molecule has 1 unspecified atom stereocenters. The third-order valence-corrected chi connectivity index (χ3v) is 2.01. The van der Waals surface area contributed by atoms with Crippen molar-refractivity contribution in [2.75, 3.05) is 0 Å². The molecule has 0 aromatic heterocycles. The van der Waals surface area contributed by atoms with Crippen LogP contribution in [-0.4, -0.2) is 23.0 Å². The monoisotopic (exact) mass is 243 g/mol. The lowest BCUT2D eigenvalue weighted by Crippen LogP contribution is -2.32. The molecule has 1 atom stereocenters. The van der Waals surface area contributed by atoms with Crippen molar-refractivity contribution in [3.63, 3.8) is 0 Å². The second kappa shape index (κ2) is 6.09. The Morgan fingerprint density at radius 1 is 1.50 bits per heavy atom. The third kappa shape index (κ3) is 3.88. The van der Waals surface area contributed by atoms with Gasteiger partial charge < -0.3 is 16.6 Å². The molecule has 1 rings (SSSR count). The smallest absolute Gasteiger partial charge is 0.320 e. The molecule has 16 heavy (non-hydrogen) atoms. The summed E-state index contributed by atoms with van der Waals surface area (Å²) in [6.45, 7) is 0. The van der Waals surface area contributed by atoms with Crippen molar-refractivity contribution in [1.82, 2.24) is 0 Å². The highest BCUT2D eigenvalue weighted by molar-refractivity contribution is 5.95. The van der Waals surface area contributed by atoms with E-state index in [9.17, 15) is 4.79 Å². The zero-order valence-corrected chi connectivity index (χ0v) is 9.33. The van der Waals surface area contributed by atoms with Crippen molar-refractivity contribution in [1.29, 1.82) is 5.41 Å². The number of hydrogen-bond donors (Lipinski definition) is 4. The maximum atomic E-state index is 10.5. The number of benzene rings is 1. The van der Waals surface area contributed by atoms with Gasteiger partial charge in [0.1, 0.15) is 11.9 Å². The van der Waals surface area contributed by atoms with Crippen LogP contribution in [0.15, 0.2) is 24.3 Å². The van der Waals surface area contributed by atoms with E-state index in [2.05, 4.69) is 0 Å². The maximum absolute atomic E-state index is 10.5. The first kappa shape index (κ1) is 14.4. The number of nitrogen functional groups attached to an aromatic ring is 1. The minimum Gasteiger partial charge on any atom is -0.480 e. The van der Waals surface area contributed by atoms with Crippen molar-refractivity contribution in [2.45, 2.75) is 12.5 Å². The SMILES string of the molecule is Cl.N=C(N)c1cccc(CC(N)C(=O)O)c1. The largest absolute Gasteiger partial charge is 0.480 e. The van der Waals surface area contributed by atoms with Gasteiger partial charge in [-0.05, 0) is 18.1 Å². The Bertz CT molecular complexity index is 395. The summed E-state index contributed by atoms with van der Waals surface area (Å²) in [5.41, 5.74) is 12.0. The van der Waals surface area contributed by atoms with Crippen molar-refractivity contribution < 1.29 is 9.90 Å². The lowest BCUT2D eigenvalue weighted by atomic mass is 10.0. The fraction of sp³-hybridized carbons (Fsp3) is 0.200. The minimum atomic E-state index is -1.04. The van der Waals surface area contributed by atoms with Crippen molar-refractivity contribution in [3.05, 3.63) is 35.4 Å². The highest BCUT2D eigenvalue weighted by Gasteiger charge is 2.12. The standard InChI is InChI=1S/C10H13N3O2.ClH/c11-8(10(14)15)5-6-2-1-3-7(4-6)9(12)13;/h1-4,8H,5,11H2,(H3,12,13)(H,14,15);1H. The van der Waals surface area contributed by atoms with Crippen LogP contribution >= 0.6 is 12.4 Å². The van der Waals surface area contributed by atoms with Gasteiger partial charge in [-0.15, -0.1) is 12.4 Å². The van der Waals surface area contributed by atoms with Crippen LogP contribution < -0.4 is 11.5 Å². The lowest BCUT2D eigenvalue weighted by molar-refractivity contribution is -0.138. The van der Waals surface area contributed by atoms with E-state index in [4.69, 9.17) is 22.0 Å². The second-order valence-electron chi connectivity index (χ2n) is 3.26. The lowest BCUT2D eigenvalue weighted by Gasteiger charge is -2.07. The summed E-state index contributed by atoms with van der Waals surface area (Å²) in [5, 5.41) is 15.9. The molecule has 0 bridgehead atoms. The number of amidine groups is 1. The summed E-state index contributed by atoms with van der Waals surface area (Å²) in [6.07, 6.45) is 0.233. The minimum absolute atomic E-state index is 0. The first-order valence-electron chi connectivity index (χ1n) is 4.42. The molecule has 6 N–H and O–H groups in total. The van der Waals surface area contributed by atoms with E-state index in [1.807, 2.05) is 0 Å². The summed E-state index contributed by atoms with van der Waals surface area (Å²) in [6, 6.07) is 5.92. The van der Waals surface area contributed by atoms with Gasteiger partial charge in [0.05, 0.1) is 0 Å². The normalized spacial score (nSPS) is 11.3. The molecule has 0 radical (unpaired) electrons. The van der Waals surface area contributed by atoms with Crippen molar-refractivity contribution in [3.8, 4) is 0 Å². The van der Waals surface area contributed by atoms with Gasteiger partial charge in [-0.1, -0.05) is 18.2 Å². The first-order valence-corrected chi connectivity index (χ1v) is 4.42. The summed E-state index contributed by atoms with van der Waals surface area (Å²) in [7, 11) is 0. The molecule has 0 saturated carbocycles. The molecule has 6 heteroatoms. The topological polar surface area (TPSA) is 113 Å². The molecule has 0 aliphatic heterocycles. The summed E-state index contributed by atoms with van der Waals surface area (Å²) >= 11 is 0. The average Bonchev–Trinajstić information content (AvgIpc) is 2.18. The zero-order valence-electron chi connectivity index (χ0n) is 8.51. The number of carbonyl (C=O) groups is 1. The Kier molecular flexibility index (Phi) is 5.49. The van der Waals surface area contributed by atoms with Crippen LogP contribution in [0, 0.1) is 5.41 Å². The van der Waals surface area contributed by atoms with Crippen LogP contribution in [-0.2, 0) is 11.2 Å². The third-order valence-electron chi connectivity index (χ3n) is 2.01. The molecule has 5 nitrogen and oxygen atoms in total. The Labute approximate surface area is 99.4 Å². The Morgan fingerprint density at radius 3 is 2.62 bits per heavy atom. The number of carboxylic acid groups (broad SMARTS) is 1. The molecule has 0 heterocycles. The van der Waals surface area contributed by atoms with E-state index >= 15 is 0 Å². The number of nitrogens with two attached hydrogens (primary N) is 2. The summed E-state index contributed by atoms with van der Waals surface area (Å²) < 4.78 is 0. The van der Waals surface area contributed by atoms with Crippen LogP contribution in [0.2, 0.25) is 0 Å². The number of halogens is 1. The Morgan fingerprint density at radius 2 is 2.12 bits per heavy atom. The molecule has 1 aromatic rings. The second-order valence-corrected chi connectivity index (χ2v) is 3.26. The summed E-state index contributed by atoms with van der Waals surface area (Å²) in [5.74, 6) is -1.08. The van der Waals surface area contributed by atoms with Crippen molar-refractivity contribution in [2.24, 2.45) is 11.5 Å². The molecule has 1 aromatic carbocycles. The predicted molar refractivity (Wildman–Crippen MR) is 64.0 cm³/mol. The van der Waals surface area contributed by atoms with Gasteiger partial charge >= 0.3 is 5.97 Å². The van der Waals surface area contributed by atoms with E-state index in [1.165, 1.54) is 0 Å². The molecule has 88 valence electrons. The van der Waals surface area contributed by atoms with Gasteiger partial charge in [-0.2, -0.15) is 0 Å². The molecule has 0 spiro atoms. The molecular formula is C10H14ClN3O2. The van der Waals surface area contributed by atoms with Crippen molar-refractivity contribution >= 4 is 24.2 Å². The number of aliphatic carboxylic acids is 1. The van der Waals surface area contributed by atoms with E-state index in [0.717, 1.165) is 5.56 Å². The average molecular weight is 244 g/mol. The molecule has 0 aliphatic rings. The molecule has 0 saturated heterocycles. The maximum Gasteiger partial charge on any atom is 0.320 e. The van der Waals surface area contributed by atoms with Gasteiger partial charge in [-0.3, -0.25) is 10.2 Å². The Balaban J connectivity index is 0.00000225. The molecule has 0 amide bonds. The van der Waals surface area contributed by atoms with Crippen LogP contribution in [0.5, 0.6) is 0 Å². The number of rotatable bonds is 4. The highest BCUT2D eigenvalue weighted by atomic mass is 35.5. The fourth-order valence-corrected chi connectivity index (χ4v) is 1.21. The van der Waals surface area contributed by atoms with E-state index in [0.29, 0.717) is 5.56 Å². The van der Waals surface area contributed by atoms with Crippen LogP contribution in [0.3, 0.4) is 0 Å². The van der Waals surface area contributed by atoms with Crippen LogP contribution in [0.4, 0.5) is 0 Å². The summed E-state index contributed by atoms with van der Waals surface area (Å²) in [4.78, 5) is 10.5. The van der Waals surface area contributed by atoms with E-state index in [1.54, 1.807) is 24.3 Å². The number of nitrogens with one attached hydrogen (secondary N) is 1. The van der Waals surface area contributed by atoms with E-state index < -0.39 is 12.0 Å². The quantitative estimate of drug-likeness (QED) is 0.451. The van der Waals surface area contributed by atoms with E-state index in [-0.39, 0.29) is 24.7 Å². The van der Waals surface area contributed by atoms with Gasteiger partial charge in [0.25, 0.3) is 0 Å². The van der Waals surface area contributed by atoms with Gasteiger partial charge in [-0.25, -0.2) is 0 Å². The molecular weight excluding hydrogens is 230 g/mol. The van der Waals surface area contributed by atoms with Gasteiger partial charge in [0, 0.05) is 5.56 Å². The zero-order chi connectivity index (χ0) is 11.4. The molecule has 0 aliphatic carbocycles. The van der Waals surface area contributed by atoms with Gasteiger partial charge in [0.2, 0.25) is 0 Å². The first-order chi connectivity index (χ1) is 7.00. The van der Waals surface area contributed by atoms with Crippen LogP contribution in [0.25, 0.3) is 0 Å². The predicted octanol–water partition coefficient (Wildman–Crippen LogP) is 0.347. The molecule has 0 fully saturated rings. The van der Waals surface area contributed by atoms with Crippen LogP contribution in [0.1, 0.15) is 11.1 Å². The Hall–Kier alpha value is -1.59. The fourth-order valence-electron chi connectivity index (χ4n) is 1.21.